The number of rotatable bonds is 8. The number of carbonyl (C=O) groups is 1. The first kappa shape index (κ1) is 19.4. The molecule has 0 aliphatic rings. The molecule has 0 bridgehead atoms. The van der Waals surface area contributed by atoms with Gasteiger partial charge in [0.15, 0.2) is 0 Å². The summed E-state index contributed by atoms with van der Waals surface area (Å²) in [6, 6.07) is 16.7. The summed E-state index contributed by atoms with van der Waals surface area (Å²) in [6.45, 7) is 2.21. The molecule has 146 valence electrons. The highest BCUT2D eigenvalue weighted by molar-refractivity contribution is 5.84. The van der Waals surface area contributed by atoms with Gasteiger partial charge in [-0.2, -0.15) is 0 Å². The van der Waals surface area contributed by atoms with Crippen LogP contribution in [-0.2, 0) is 11.3 Å². The van der Waals surface area contributed by atoms with E-state index < -0.39 is 0 Å². The van der Waals surface area contributed by atoms with E-state index in [0.717, 1.165) is 17.0 Å². The summed E-state index contributed by atoms with van der Waals surface area (Å²) in [6.07, 6.45) is 0.638. The van der Waals surface area contributed by atoms with Gasteiger partial charge in [-0.25, -0.2) is 0 Å². The molecule has 0 saturated heterocycles. The molecule has 1 amide bonds. The number of hydrogen-bond donors (Lipinski definition) is 1. The monoisotopic (exact) mass is 380 g/mol. The van der Waals surface area contributed by atoms with Crippen LogP contribution in [-0.4, -0.2) is 41.2 Å². The van der Waals surface area contributed by atoms with E-state index in [-0.39, 0.29) is 18.5 Å². The maximum Gasteiger partial charge on any atom is 0.247 e. The summed E-state index contributed by atoms with van der Waals surface area (Å²) >= 11 is 0. The van der Waals surface area contributed by atoms with Gasteiger partial charge in [-0.15, -0.1) is 10.2 Å². The summed E-state index contributed by atoms with van der Waals surface area (Å²) in [4.78, 5) is 14.4. The summed E-state index contributed by atoms with van der Waals surface area (Å²) < 4.78 is 10.9. The van der Waals surface area contributed by atoms with Gasteiger partial charge in [0.25, 0.3) is 0 Å². The molecule has 0 fully saturated rings. The number of ether oxygens (including phenoxy) is 1. The van der Waals surface area contributed by atoms with Crippen molar-refractivity contribution in [2.75, 3.05) is 19.5 Å². The van der Waals surface area contributed by atoms with Crippen LogP contribution in [0.25, 0.3) is 11.5 Å². The molecule has 7 heteroatoms. The van der Waals surface area contributed by atoms with Gasteiger partial charge in [-0.1, -0.05) is 31.2 Å². The topological polar surface area (TPSA) is 80.5 Å². The number of hydrogen-bond acceptors (Lipinski definition) is 6. The van der Waals surface area contributed by atoms with Crippen LogP contribution in [0.1, 0.15) is 19.2 Å². The lowest BCUT2D eigenvalue weighted by Gasteiger charge is -2.23. The van der Waals surface area contributed by atoms with Gasteiger partial charge in [0, 0.05) is 24.4 Å². The van der Waals surface area contributed by atoms with E-state index in [1.807, 2.05) is 61.5 Å². The molecule has 3 aromatic rings. The first-order chi connectivity index (χ1) is 13.6. The molecular formula is C21H24N4O3. The predicted octanol–water partition coefficient (Wildman–Crippen LogP) is 3.59. The lowest BCUT2D eigenvalue weighted by molar-refractivity contribution is -0.131. The molecule has 28 heavy (non-hydrogen) atoms. The number of amides is 1. The second kappa shape index (κ2) is 9.03. The van der Waals surface area contributed by atoms with E-state index in [1.54, 1.807) is 19.1 Å². The van der Waals surface area contributed by atoms with Crippen molar-refractivity contribution in [2.45, 2.75) is 25.9 Å². The number of nitrogens with one attached hydrogen (secondary N) is 1. The molecule has 0 spiro atoms. The van der Waals surface area contributed by atoms with Crippen molar-refractivity contribution in [3.05, 3.63) is 60.5 Å². The van der Waals surface area contributed by atoms with Crippen LogP contribution < -0.4 is 10.1 Å². The van der Waals surface area contributed by atoms with E-state index in [1.165, 1.54) is 0 Å². The SMILES string of the molecule is CCC(Nc1cccc(OC)c1)C(=O)N(C)Cc1nnc(-c2ccccc2)o1. The van der Waals surface area contributed by atoms with E-state index >= 15 is 0 Å². The minimum absolute atomic E-state index is 0.0511. The van der Waals surface area contributed by atoms with Crippen LogP contribution in [0.5, 0.6) is 5.75 Å². The highest BCUT2D eigenvalue weighted by Crippen LogP contribution is 2.20. The van der Waals surface area contributed by atoms with Gasteiger partial charge in [0.05, 0.1) is 13.7 Å². The first-order valence-electron chi connectivity index (χ1n) is 9.14. The van der Waals surface area contributed by atoms with E-state index in [9.17, 15) is 4.79 Å². The Kier molecular flexibility index (Phi) is 6.26. The number of anilines is 1. The lowest BCUT2D eigenvalue weighted by Crippen LogP contribution is -2.40. The Morgan fingerprint density at radius 1 is 1.18 bits per heavy atom. The van der Waals surface area contributed by atoms with E-state index in [0.29, 0.717) is 18.2 Å². The summed E-state index contributed by atoms with van der Waals surface area (Å²) in [7, 11) is 3.34. The fourth-order valence-corrected chi connectivity index (χ4v) is 2.81. The third-order valence-electron chi connectivity index (χ3n) is 4.35. The van der Waals surface area contributed by atoms with Crippen LogP contribution in [0.2, 0.25) is 0 Å². The number of methoxy groups -OCH3 is 1. The fraction of sp³-hybridized carbons (Fsp3) is 0.286. The number of nitrogens with zero attached hydrogens (tertiary/aromatic N) is 3. The Morgan fingerprint density at radius 2 is 1.96 bits per heavy atom. The van der Waals surface area contributed by atoms with Crippen LogP contribution in [0.4, 0.5) is 5.69 Å². The molecule has 1 atom stereocenters. The second-order valence-electron chi connectivity index (χ2n) is 6.40. The zero-order valence-electron chi connectivity index (χ0n) is 16.3. The van der Waals surface area contributed by atoms with Crippen LogP contribution in [0.15, 0.2) is 59.0 Å². The van der Waals surface area contributed by atoms with Crippen molar-refractivity contribution in [3.8, 4) is 17.2 Å². The lowest BCUT2D eigenvalue weighted by atomic mass is 10.1. The van der Waals surface area contributed by atoms with Crippen molar-refractivity contribution in [1.82, 2.24) is 15.1 Å². The summed E-state index contributed by atoms with van der Waals surface area (Å²) in [5, 5.41) is 11.4. The Balaban J connectivity index is 1.64. The molecule has 7 nitrogen and oxygen atoms in total. The predicted molar refractivity (Wildman–Crippen MR) is 107 cm³/mol. The largest absolute Gasteiger partial charge is 0.497 e. The Morgan fingerprint density at radius 3 is 2.68 bits per heavy atom. The molecular weight excluding hydrogens is 356 g/mol. The van der Waals surface area contributed by atoms with E-state index in [4.69, 9.17) is 9.15 Å². The number of carbonyl (C=O) groups excluding carboxylic acids is 1. The van der Waals surface area contributed by atoms with Gasteiger partial charge in [-0.3, -0.25) is 4.79 Å². The van der Waals surface area contributed by atoms with Gasteiger partial charge < -0.3 is 19.4 Å². The smallest absolute Gasteiger partial charge is 0.247 e. The maximum atomic E-state index is 12.9. The van der Waals surface area contributed by atoms with Gasteiger partial charge in [0.2, 0.25) is 17.7 Å². The zero-order valence-corrected chi connectivity index (χ0v) is 16.3. The van der Waals surface area contributed by atoms with Gasteiger partial charge >= 0.3 is 0 Å². The van der Waals surface area contributed by atoms with Gasteiger partial charge in [-0.05, 0) is 30.7 Å². The maximum absolute atomic E-state index is 12.9. The summed E-state index contributed by atoms with van der Waals surface area (Å²) in [5.74, 6) is 1.52. The molecule has 0 aliphatic carbocycles. The third-order valence-corrected chi connectivity index (χ3v) is 4.35. The fourth-order valence-electron chi connectivity index (χ4n) is 2.81. The van der Waals surface area contributed by atoms with Crippen molar-refractivity contribution in [2.24, 2.45) is 0 Å². The Hall–Kier alpha value is -3.35. The molecule has 0 saturated carbocycles. The second-order valence-corrected chi connectivity index (χ2v) is 6.40. The highest BCUT2D eigenvalue weighted by Gasteiger charge is 2.22. The number of aromatic nitrogens is 2. The van der Waals surface area contributed by atoms with Crippen molar-refractivity contribution in [1.29, 1.82) is 0 Å². The number of likely N-dealkylation sites (N-methyl/N-ethyl adjacent to an activating group) is 1. The molecule has 1 aromatic heterocycles. The minimum Gasteiger partial charge on any atom is -0.497 e. The first-order valence-corrected chi connectivity index (χ1v) is 9.14. The van der Waals surface area contributed by atoms with Crippen molar-refractivity contribution < 1.29 is 13.9 Å². The van der Waals surface area contributed by atoms with Crippen LogP contribution in [0, 0.1) is 0 Å². The average molecular weight is 380 g/mol. The normalized spacial score (nSPS) is 11.7. The average Bonchev–Trinajstić information content (AvgIpc) is 3.20. The molecule has 0 aliphatic heterocycles. The Bertz CT molecular complexity index is 911. The highest BCUT2D eigenvalue weighted by atomic mass is 16.5. The third kappa shape index (κ3) is 4.68. The molecule has 1 N–H and O–H groups in total. The van der Waals surface area contributed by atoms with Crippen LogP contribution >= 0.6 is 0 Å². The molecule has 3 rings (SSSR count). The van der Waals surface area contributed by atoms with Crippen LogP contribution in [0.3, 0.4) is 0 Å². The Labute approximate surface area is 164 Å². The molecule has 2 aromatic carbocycles. The van der Waals surface area contributed by atoms with Crippen molar-refractivity contribution in [3.63, 3.8) is 0 Å². The minimum atomic E-state index is -0.367. The van der Waals surface area contributed by atoms with E-state index in [2.05, 4.69) is 15.5 Å². The quantitative estimate of drug-likeness (QED) is 0.643. The van der Waals surface area contributed by atoms with Gasteiger partial charge in [0.1, 0.15) is 11.8 Å². The zero-order chi connectivity index (χ0) is 19.9. The molecule has 1 heterocycles. The number of benzene rings is 2. The standard InChI is InChI=1S/C21H24N4O3/c1-4-18(22-16-11-8-12-17(13-16)27-3)21(26)25(2)14-19-23-24-20(28-19)15-9-6-5-7-10-15/h5-13,18,22H,4,14H2,1-3H3. The molecule has 1 unspecified atom stereocenters. The van der Waals surface area contributed by atoms with Crippen molar-refractivity contribution >= 4 is 11.6 Å². The molecule has 0 radical (unpaired) electrons. The summed E-state index contributed by atoms with van der Waals surface area (Å²) in [5.41, 5.74) is 1.68.